The Morgan fingerprint density at radius 2 is 2.10 bits per heavy atom. The van der Waals surface area contributed by atoms with E-state index in [1.807, 2.05) is 19.1 Å². The molecule has 0 radical (unpaired) electrons. The molecule has 0 saturated heterocycles. The normalized spacial score (nSPS) is 11.6. The number of aryl methyl sites for hydroxylation is 1. The average Bonchev–Trinajstić information content (AvgIpc) is 2.36. The number of hydrogen-bond acceptors (Lipinski definition) is 2. The van der Waals surface area contributed by atoms with Crippen LogP contribution in [-0.2, 0) is 11.2 Å². The van der Waals surface area contributed by atoms with Crippen LogP contribution in [0.15, 0.2) is 18.2 Å². The number of halogens is 3. The summed E-state index contributed by atoms with van der Waals surface area (Å²) < 4.78 is 0. The predicted molar refractivity (Wildman–Crippen MR) is 87.9 cm³/mol. The number of amides is 1. The molecule has 0 heterocycles. The Morgan fingerprint density at radius 3 is 2.70 bits per heavy atom. The Balaban J connectivity index is 0.00000361. The van der Waals surface area contributed by atoms with Gasteiger partial charge in [-0.3, -0.25) is 4.79 Å². The van der Waals surface area contributed by atoms with Crippen molar-refractivity contribution in [2.45, 2.75) is 38.6 Å². The maximum atomic E-state index is 11.6. The van der Waals surface area contributed by atoms with E-state index in [9.17, 15) is 4.79 Å². The van der Waals surface area contributed by atoms with Gasteiger partial charge in [-0.05, 0) is 37.0 Å². The zero-order valence-electron chi connectivity index (χ0n) is 11.5. The molecule has 3 N–H and O–H groups in total. The van der Waals surface area contributed by atoms with Crippen molar-refractivity contribution in [1.29, 1.82) is 0 Å². The minimum atomic E-state index is -0.399. The lowest BCUT2D eigenvalue weighted by atomic mass is 10.1. The van der Waals surface area contributed by atoms with Crippen molar-refractivity contribution < 1.29 is 4.79 Å². The highest BCUT2D eigenvalue weighted by molar-refractivity contribution is 6.35. The second kappa shape index (κ2) is 10.3. The SMILES string of the molecule is CCCC(N)C(=O)NCCCc1ccc(Cl)cc1Cl.Cl. The van der Waals surface area contributed by atoms with Gasteiger partial charge in [-0.15, -0.1) is 12.4 Å². The molecular weight excluding hydrogens is 319 g/mol. The van der Waals surface area contributed by atoms with E-state index in [1.165, 1.54) is 0 Å². The molecular formula is C14H21Cl3N2O. The molecule has 0 aliphatic carbocycles. The smallest absolute Gasteiger partial charge is 0.236 e. The quantitative estimate of drug-likeness (QED) is 0.746. The van der Waals surface area contributed by atoms with Crippen LogP contribution in [0.25, 0.3) is 0 Å². The minimum Gasteiger partial charge on any atom is -0.355 e. The van der Waals surface area contributed by atoms with Gasteiger partial charge in [-0.1, -0.05) is 42.6 Å². The molecule has 0 fully saturated rings. The summed E-state index contributed by atoms with van der Waals surface area (Å²) in [5.74, 6) is -0.0796. The van der Waals surface area contributed by atoms with Crippen LogP contribution in [0, 0.1) is 0 Å². The van der Waals surface area contributed by atoms with Crippen molar-refractivity contribution >= 4 is 41.5 Å². The first kappa shape index (κ1) is 19.5. The number of benzene rings is 1. The summed E-state index contributed by atoms with van der Waals surface area (Å²) in [5, 5.41) is 4.14. The Morgan fingerprint density at radius 1 is 1.40 bits per heavy atom. The first-order chi connectivity index (χ1) is 9.04. The largest absolute Gasteiger partial charge is 0.355 e. The molecule has 114 valence electrons. The van der Waals surface area contributed by atoms with Crippen LogP contribution in [0.4, 0.5) is 0 Å². The van der Waals surface area contributed by atoms with Crippen molar-refractivity contribution in [2.75, 3.05) is 6.54 Å². The van der Waals surface area contributed by atoms with Gasteiger partial charge >= 0.3 is 0 Å². The summed E-state index contributed by atoms with van der Waals surface area (Å²) in [7, 11) is 0. The summed E-state index contributed by atoms with van der Waals surface area (Å²) in [6, 6.07) is 5.06. The van der Waals surface area contributed by atoms with Gasteiger partial charge in [0.1, 0.15) is 0 Å². The van der Waals surface area contributed by atoms with Crippen molar-refractivity contribution in [2.24, 2.45) is 5.73 Å². The molecule has 0 spiro atoms. The average molecular weight is 340 g/mol. The van der Waals surface area contributed by atoms with Crippen molar-refractivity contribution in [3.05, 3.63) is 33.8 Å². The number of nitrogens with two attached hydrogens (primary N) is 1. The fourth-order valence-electron chi connectivity index (χ4n) is 1.79. The summed E-state index contributed by atoms with van der Waals surface area (Å²) in [6.45, 7) is 2.62. The van der Waals surface area contributed by atoms with E-state index in [4.69, 9.17) is 28.9 Å². The molecule has 3 nitrogen and oxygen atoms in total. The molecule has 0 bridgehead atoms. The highest BCUT2D eigenvalue weighted by Crippen LogP contribution is 2.21. The van der Waals surface area contributed by atoms with Crippen LogP contribution in [0.1, 0.15) is 31.7 Å². The van der Waals surface area contributed by atoms with Crippen LogP contribution < -0.4 is 11.1 Å². The van der Waals surface area contributed by atoms with Crippen LogP contribution >= 0.6 is 35.6 Å². The zero-order chi connectivity index (χ0) is 14.3. The summed E-state index contributed by atoms with van der Waals surface area (Å²) in [5.41, 5.74) is 6.75. The van der Waals surface area contributed by atoms with E-state index >= 15 is 0 Å². The first-order valence-electron chi connectivity index (χ1n) is 6.51. The topological polar surface area (TPSA) is 55.1 Å². The van der Waals surface area contributed by atoms with Gasteiger partial charge in [0.25, 0.3) is 0 Å². The van der Waals surface area contributed by atoms with Crippen molar-refractivity contribution in [1.82, 2.24) is 5.32 Å². The highest BCUT2D eigenvalue weighted by atomic mass is 35.5. The van der Waals surface area contributed by atoms with Crippen LogP contribution in [0.5, 0.6) is 0 Å². The third-order valence-electron chi connectivity index (χ3n) is 2.87. The van der Waals surface area contributed by atoms with Gasteiger partial charge in [-0.25, -0.2) is 0 Å². The zero-order valence-corrected chi connectivity index (χ0v) is 13.8. The third kappa shape index (κ3) is 6.80. The van der Waals surface area contributed by atoms with E-state index in [1.54, 1.807) is 6.07 Å². The van der Waals surface area contributed by atoms with Crippen molar-refractivity contribution in [3.63, 3.8) is 0 Å². The fourth-order valence-corrected chi connectivity index (χ4v) is 2.29. The lowest BCUT2D eigenvalue weighted by Crippen LogP contribution is -2.40. The maximum Gasteiger partial charge on any atom is 0.236 e. The molecule has 1 rings (SSSR count). The molecule has 0 aromatic heterocycles. The van der Waals surface area contributed by atoms with Gasteiger partial charge in [0, 0.05) is 16.6 Å². The van der Waals surface area contributed by atoms with E-state index in [0.29, 0.717) is 16.6 Å². The predicted octanol–water partition coefficient (Wildman–Crippen LogP) is 3.59. The number of hydrogen-bond donors (Lipinski definition) is 2. The monoisotopic (exact) mass is 338 g/mol. The Labute approximate surface area is 136 Å². The second-order valence-electron chi connectivity index (χ2n) is 4.53. The van der Waals surface area contributed by atoms with Gasteiger partial charge in [-0.2, -0.15) is 0 Å². The van der Waals surface area contributed by atoms with Gasteiger partial charge in [0.05, 0.1) is 6.04 Å². The molecule has 0 saturated carbocycles. The number of nitrogens with one attached hydrogen (secondary N) is 1. The standard InChI is InChI=1S/C14H20Cl2N2O.ClH/c1-2-4-13(17)14(19)18-8-3-5-10-6-7-11(15)9-12(10)16;/h6-7,9,13H,2-5,8,17H2,1H3,(H,18,19);1H. The summed E-state index contributed by atoms with van der Waals surface area (Å²) >= 11 is 11.9. The number of carbonyl (C=O) groups excluding carboxylic acids is 1. The molecule has 1 amide bonds. The van der Waals surface area contributed by atoms with Crippen LogP contribution in [-0.4, -0.2) is 18.5 Å². The van der Waals surface area contributed by atoms with E-state index in [0.717, 1.165) is 31.2 Å². The Kier molecular flexibility index (Phi) is 10.0. The van der Waals surface area contributed by atoms with E-state index in [-0.39, 0.29) is 18.3 Å². The molecule has 0 aliphatic heterocycles. The Hall–Kier alpha value is -0.480. The van der Waals surface area contributed by atoms with E-state index < -0.39 is 6.04 Å². The minimum absolute atomic E-state index is 0. The fraction of sp³-hybridized carbons (Fsp3) is 0.500. The van der Waals surface area contributed by atoms with Crippen molar-refractivity contribution in [3.8, 4) is 0 Å². The third-order valence-corrected chi connectivity index (χ3v) is 3.46. The van der Waals surface area contributed by atoms with Gasteiger partial charge < -0.3 is 11.1 Å². The Bertz CT molecular complexity index is 427. The maximum absolute atomic E-state index is 11.6. The molecule has 1 aromatic rings. The lowest BCUT2D eigenvalue weighted by Gasteiger charge is -2.11. The molecule has 1 unspecified atom stereocenters. The number of carbonyl (C=O) groups is 1. The first-order valence-corrected chi connectivity index (χ1v) is 7.27. The van der Waals surface area contributed by atoms with Crippen LogP contribution in [0.3, 0.4) is 0 Å². The molecule has 1 aromatic carbocycles. The van der Waals surface area contributed by atoms with Gasteiger partial charge in [0.2, 0.25) is 5.91 Å². The van der Waals surface area contributed by atoms with E-state index in [2.05, 4.69) is 5.32 Å². The summed E-state index contributed by atoms with van der Waals surface area (Å²) in [6.07, 6.45) is 3.26. The summed E-state index contributed by atoms with van der Waals surface area (Å²) in [4.78, 5) is 11.6. The molecule has 6 heteroatoms. The lowest BCUT2D eigenvalue weighted by molar-refractivity contribution is -0.122. The van der Waals surface area contributed by atoms with Gasteiger partial charge in [0.15, 0.2) is 0 Å². The molecule has 20 heavy (non-hydrogen) atoms. The second-order valence-corrected chi connectivity index (χ2v) is 5.37. The van der Waals surface area contributed by atoms with Crippen LogP contribution in [0.2, 0.25) is 10.0 Å². The molecule has 0 aliphatic rings. The number of rotatable bonds is 7. The molecule has 1 atom stereocenters. The highest BCUT2D eigenvalue weighted by Gasteiger charge is 2.11.